The summed E-state index contributed by atoms with van der Waals surface area (Å²) in [6.07, 6.45) is 3.49. The van der Waals surface area contributed by atoms with Crippen molar-refractivity contribution in [3.05, 3.63) is 24.0 Å². The van der Waals surface area contributed by atoms with Gasteiger partial charge in [-0.25, -0.2) is 0 Å². The highest BCUT2D eigenvalue weighted by molar-refractivity contribution is 5.43. The monoisotopic (exact) mass is 179 g/mol. The first-order valence-corrected chi connectivity index (χ1v) is 4.68. The molecule has 0 amide bonds. The molecule has 1 rings (SSSR count). The Morgan fingerprint density at radius 2 is 2.08 bits per heavy atom. The van der Waals surface area contributed by atoms with Crippen LogP contribution in [-0.2, 0) is 6.54 Å². The van der Waals surface area contributed by atoms with Crippen LogP contribution in [0.3, 0.4) is 0 Å². The lowest BCUT2D eigenvalue weighted by Gasteiger charge is -2.18. The fourth-order valence-corrected chi connectivity index (χ4v) is 1.27. The number of hydrogen-bond acceptors (Lipinski definition) is 3. The van der Waals surface area contributed by atoms with Gasteiger partial charge in [-0.05, 0) is 24.7 Å². The standard InChI is InChI=1S/C10H17N3/c1-3-13(4-2)8-9-5-6-12-7-10(9)11/h5-7H,3-4,8,11H2,1-2H3. The molecule has 13 heavy (non-hydrogen) atoms. The zero-order chi connectivity index (χ0) is 9.68. The van der Waals surface area contributed by atoms with Gasteiger partial charge in [0.1, 0.15) is 0 Å². The van der Waals surface area contributed by atoms with Crippen molar-refractivity contribution in [1.82, 2.24) is 9.88 Å². The lowest BCUT2D eigenvalue weighted by molar-refractivity contribution is 0.296. The SMILES string of the molecule is CCN(CC)Cc1ccncc1N. The molecule has 0 saturated carbocycles. The van der Waals surface area contributed by atoms with Crippen molar-refractivity contribution < 1.29 is 0 Å². The molecular formula is C10H17N3. The zero-order valence-corrected chi connectivity index (χ0v) is 8.33. The minimum absolute atomic E-state index is 0.786. The van der Waals surface area contributed by atoms with Crippen molar-refractivity contribution in [3.63, 3.8) is 0 Å². The van der Waals surface area contributed by atoms with E-state index in [1.54, 1.807) is 12.4 Å². The average molecular weight is 179 g/mol. The predicted molar refractivity (Wildman–Crippen MR) is 55.3 cm³/mol. The van der Waals surface area contributed by atoms with E-state index >= 15 is 0 Å². The molecule has 72 valence electrons. The summed E-state index contributed by atoms with van der Waals surface area (Å²) in [6.45, 7) is 7.33. The summed E-state index contributed by atoms with van der Waals surface area (Å²) in [5, 5.41) is 0. The number of pyridine rings is 1. The summed E-state index contributed by atoms with van der Waals surface area (Å²) in [5.41, 5.74) is 7.74. The molecule has 0 fully saturated rings. The Kier molecular flexibility index (Phi) is 3.71. The quantitative estimate of drug-likeness (QED) is 0.761. The number of rotatable bonds is 4. The van der Waals surface area contributed by atoms with Crippen molar-refractivity contribution in [3.8, 4) is 0 Å². The number of anilines is 1. The van der Waals surface area contributed by atoms with Crippen molar-refractivity contribution in [2.75, 3.05) is 18.8 Å². The van der Waals surface area contributed by atoms with E-state index in [1.807, 2.05) is 6.07 Å². The maximum absolute atomic E-state index is 5.79. The summed E-state index contributed by atoms with van der Waals surface area (Å²) in [4.78, 5) is 6.29. The molecule has 3 heteroatoms. The van der Waals surface area contributed by atoms with Crippen LogP contribution < -0.4 is 5.73 Å². The Labute approximate surface area is 79.6 Å². The molecule has 1 aromatic heterocycles. The first kappa shape index (κ1) is 9.99. The molecule has 0 saturated heterocycles. The van der Waals surface area contributed by atoms with Crippen molar-refractivity contribution in [1.29, 1.82) is 0 Å². The Morgan fingerprint density at radius 1 is 1.38 bits per heavy atom. The molecular weight excluding hydrogens is 162 g/mol. The minimum Gasteiger partial charge on any atom is -0.397 e. The summed E-state index contributed by atoms with van der Waals surface area (Å²) < 4.78 is 0. The highest BCUT2D eigenvalue weighted by Crippen LogP contribution is 2.11. The Bertz CT molecular complexity index is 256. The summed E-state index contributed by atoms with van der Waals surface area (Å²) in [7, 11) is 0. The Morgan fingerprint density at radius 3 is 2.62 bits per heavy atom. The molecule has 0 bridgehead atoms. The largest absolute Gasteiger partial charge is 0.397 e. The smallest absolute Gasteiger partial charge is 0.0546 e. The molecule has 0 radical (unpaired) electrons. The number of hydrogen-bond donors (Lipinski definition) is 1. The summed E-state index contributed by atoms with van der Waals surface area (Å²) in [6, 6.07) is 1.98. The molecule has 0 aliphatic carbocycles. The first-order valence-electron chi connectivity index (χ1n) is 4.68. The molecule has 1 aromatic rings. The maximum Gasteiger partial charge on any atom is 0.0546 e. The minimum atomic E-state index is 0.786. The molecule has 0 unspecified atom stereocenters. The zero-order valence-electron chi connectivity index (χ0n) is 8.33. The molecule has 1 heterocycles. The van der Waals surface area contributed by atoms with Gasteiger partial charge in [-0.2, -0.15) is 0 Å². The fourth-order valence-electron chi connectivity index (χ4n) is 1.27. The highest BCUT2D eigenvalue weighted by atomic mass is 15.1. The van der Waals surface area contributed by atoms with Gasteiger partial charge in [0.05, 0.1) is 11.9 Å². The van der Waals surface area contributed by atoms with Crippen LogP contribution >= 0.6 is 0 Å². The van der Waals surface area contributed by atoms with Gasteiger partial charge in [0.25, 0.3) is 0 Å². The van der Waals surface area contributed by atoms with E-state index < -0.39 is 0 Å². The number of nitrogen functional groups attached to an aromatic ring is 1. The highest BCUT2D eigenvalue weighted by Gasteiger charge is 2.03. The Hall–Kier alpha value is -1.09. The van der Waals surface area contributed by atoms with Gasteiger partial charge in [0, 0.05) is 12.7 Å². The van der Waals surface area contributed by atoms with Crippen molar-refractivity contribution in [2.45, 2.75) is 20.4 Å². The maximum atomic E-state index is 5.79. The van der Waals surface area contributed by atoms with Crippen LogP contribution in [-0.4, -0.2) is 23.0 Å². The third kappa shape index (κ3) is 2.70. The molecule has 0 aliphatic rings. The average Bonchev–Trinajstić information content (AvgIpc) is 2.17. The van der Waals surface area contributed by atoms with E-state index in [0.29, 0.717) is 0 Å². The van der Waals surface area contributed by atoms with Gasteiger partial charge in [-0.15, -0.1) is 0 Å². The molecule has 2 N–H and O–H groups in total. The van der Waals surface area contributed by atoms with E-state index in [1.165, 1.54) is 5.56 Å². The molecule has 0 aromatic carbocycles. The van der Waals surface area contributed by atoms with E-state index in [2.05, 4.69) is 23.7 Å². The lowest BCUT2D eigenvalue weighted by Crippen LogP contribution is -2.22. The van der Waals surface area contributed by atoms with E-state index in [4.69, 9.17) is 5.73 Å². The molecule has 0 spiro atoms. The normalized spacial score (nSPS) is 10.7. The molecule has 3 nitrogen and oxygen atoms in total. The van der Waals surface area contributed by atoms with E-state index in [9.17, 15) is 0 Å². The predicted octanol–water partition coefficient (Wildman–Crippen LogP) is 1.51. The number of nitrogens with two attached hydrogens (primary N) is 1. The second kappa shape index (κ2) is 4.82. The van der Waals surface area contributed by atoms with Crippen LogP contribution in [0.1, 0.15) is 19.4 Å². The van der Waals surface area contributed by atoms with Crippen LogP contribution in [0.15, 0.2) is 18.5 Å². The Balaban J connectivity index is 2.67. The summed E-state index contributed by atoms with van der Waals surface area (Å²) >= 11 is 0. The van der Waals surface area contributed by atoms with Crippen molar-refractivity contribution in [2.24, 2.45) is 0 Å². The van der Waals surface area contributed by atoms with Crippen LogP contribution in [0.4, 0.5) is 5.69 Å². The van der Waals surface area contributed by atoms with Gasteiger partial charge in [-0.1, -0.05) is 13.8 Å². The van der Waals surface area contributed by atoms with Crippen molar-refractivity contribution >= 4 is 5.69 Å². The fraction of sp³-hybridized carbons (Fsp3) is 0.500. The second-order valence-electron chi connectivity index (χ2n) is 3.04. The van der Waals surface area contributed by atoms with Crippen LogP contribution in [0.5, 0.6) is 0 Å². The number of aromatic nitrogens is 1. The topological polar surface area (TPSA) is 42.2 Å². The lowest BCUT2D eigenvalue weighted by atomic mass is 10.2. The van der Waals surface area contributed by atoms with Crippen LogP contribution in [0.25, 0.3) is 0 Å². The second-order valence-corrected chi connectivity index (χ2v) is 3.04. The van der Waals surface area contributed by atoms with Gasteiger partial charge in [0.15, 0.2) is 0 Å². The van der Waals surface area contributed by atoms with Crippen LogP contribution in [0, 0.1) is 0 Å². The van der Waals surface area contributed by atoms with Crippen LogP contribution in [0.2, 0.25) is 0 Å². The van der Waals surface area contributed by atoms with Gasteiger partial charge < -0.3 is 5.73 Å². The van der Waals surface area contributed by atoms with Gasteiger partial charge >= 0.3 is 0 Å². The molecule has 0 atom stereocenters. The van der Waals surface area contributed by atoms with E-state index in [-0.39, 0.29) is 0 Å². The third-order valence-electron chi connectivity index (χ3n) is 2.23. The van der Waals surface area contributed by atoms with E-state index in [0.717, 1.165) is 25.3 Å². The first-order chi connectivity index (χ1) is 6.27. The van der Waals surface area contributed by atoms with Gasteiger partial charge in [0.2, 0.25) is 0 Å². The number of nitrogens with zero attached hydrogens (tertiary/aromatic N) is 2. The van der Waals surface area contributed by atoms with Gasteiger partial charge in [-0.3, -0.25) is 9.88 Å². The summed E-state index contributed by atoms with van der Waals surface area (Å²) in [5.74, 6) is 0. The molecule has 0 aliphatic heterocycles. The third-order valence-corrected chi connectivity index (χ3v) is 2.23.